The van der Waals surface area contributed by atoms with Crippen LogP contribution in [0.15, 0.2) is 0 Å². The van der Waals surface area contributed by atoms with Crippen molar-refractivity contribution in [1.82, 2.24) is 21.3 Å². The number of hydrogen-bond donors (Lipinski definition) is 4. The summed E-state index contributed by atoms with van der Waals surface area (Å²) in [7, 11) is 0. The lowest BCUT2D eigenvalue weighted by atomic mass is 9.95. The molecule has 6 nitrogen and oxygen atoms in total. The second-order valence-corrected chi connectivity index (χ2v) is 6.31. The number of hydrogen-bond acceptors (Lipinski definition) is 3. The molecule has 2 atom stereocenters. The molecule has 128 valence electrons. The lowest BCUT2D eigenvalue weighted by Crippen LogP contribution is -2.53. The smallest absolute Gasteiger partial charge is 0.315 e. The largest absolute Gasteiger partial charge is 0.350 e. The number of urea groups is 1. The maximum atomic E-state index is 11.9. The molecule has 2 fully saturated rings. The number of carbonyl (C=O) groups excluding carboxylic acids is 2. The van der Waals surface area contributed by atoms with E-state index in [2.05, 4.69) is 28.2 Å². The monoisotopic (exact) mass is 332 g/mol. The molecule has 1 aliphatic carbocycles. The Bertz CT molecular complexity index is 361. The number of carbonyl (C=O) groups is 2. The van der Waals surface area contributed by atoms with Crippen LogP contribution in [0.2, 0.25) is 0 Å². The molecule has 0 spiro atoms. The van der Waals surface area contributed by atoms with E-state index in [-0.39, 0.29) is 43.0 Å². The maximum absolute atomic E-state index is 11.9. The summed E-state index contributed by atoms with van der Waals surface area (Å²) >= 11 is 0. The van der Waals surface area contributed by atoms with Gasteiger partial charge in [-0.2, -0.15) is 0 Å². The van der Waals surface area contributed by atoms with Gasteiger partial charge in [0.05, 0.1) is 6.54 Å². The average Bonchev–Trinajstić information content (AvgIpc) is 2.49. The van der Waals surface area contributed by atoms with Crippen LogP contribution in [0.5, 0.6) is 0 Å². The molecule has 1 saturated carbocycles. The summed E-state index contributed by atoms with van der Waals surface area (Å²) in [5.74, 6) is 0.362. The van der Waals surface area contributed by atoms with Crippen molar-refractivity contribution in [3.05, 3.63) is 0 Å². The highest BCUT2D eigenvalue weighted by molar-refractivity contribution is 5.85. The highest BCUT2D eigenvalue weighted by atomic mass is 35.5. The standard InChI is InChI=1S/C15H28N4O2.ClH/c1-11-7-8-16-9-13(11)19-14(20)10-17-15(21)18-12-5-3-2-4-6-12;/h11-13,16H,2-10H2,1H3,(H,19,20)(H2,17,18,21);1H. The van der Waals surface area contributed by atoms with Crippen molar-refractivity contribution < 1.29 is 9.59 Å². The summed E-state index contributed by atoms with van der Waals surface area (Å²) in [5.41, 5.74) is 0. The topological polar surface area (TPSA) is 82.3 Å². The quantitative estimate of drug-likeness (QED) is 0.623. The first-order valence-electron chi connectivity index (χ1n) is 8.19. The number of amides is 3. The van der Waals surface area contributed by atoms with Gasteiger partial charge >= 0.3 is 6.03 Å². The van der Waals surface area contributed by atoms with Crippen molar-refractivity contribution in [2.45, 2.75) is 57.5 Å². The second-order valence-electron chi connectivity index (χ2n) is 6.31. The number of rotatable bonds is 4. The fraction of sp³-hybridized carbons (Fsp3) is 0.867. The van der Waals surface area contributed by atoms with Gasteiger partial charge in [-0.05, 0) is 31.7 Å². The van der Waals surface area contributed by atoms with Gasteiger partial charge in [0.15, 0.2) is 0 Å². The van der Waals surface area contributed by atoms with Gasteiger partial charge in [0.2, 0.25) is 5.91 Å². The molecule has 2 unspecified atom stereocenters. The van der Waals surface area contributed by atoms with Gasteiger partial charge in [-0.3, -0.25) is 4.79 Å². The summed E-state index contributed by atoms with van der Waals surface area (Å²) in [6.45, 7) is 4.01. The van der Waals surface area contributed by atoms with Crippen molar-refractivity contribution in [3.8, 4) is 0 Å². The predicted molar refractivity (Wildman–Crippen MR) is 89.2 cm³/mol. The molecule has 2 rings (SSSR count). The van der Waals surface area contributed by atoms with E-state index in [0.29, 0.717) is 5.92 Å². The van der Waals surface area contributed by atoms with Crippen LogP contribution in [0.3, 0.4) is 0 Å². The van der Waals surface area contributed by atoms with Crippen LogP contribution in [-0.4, -0.2) is 43.7 Å². The molecule has 0 aromatic rings. The van der Waals surface area contributed by atoms with Crippen LogP contribution in [0.4, 0.5) is 4.79 Å². The zero-order valence-electron chi connectivity index (χ0n) is 13.3. The minimum absolute atomic E-state index is 0. The summed E-state index contributed by atoms with van der Waals surface area (Å²) in [4.78, 5) is 23.6. The van der Waals surface area contributed by atoms with Crippen LogP contribution >= 0.6 is 12.4 Å². The molecule has 0 radical (unpaired) electrons. The third-order valence-corrected chi connectivity index (χ3v) is 4.52. The summed E-state index contributed by atoms with van der Waals surface area (Å²) < 4.78 is 0. The van der Waals surface area contributed by atoms with Gasteiger partial charge in [-0.1, -0.05) is 26.2 Å². The van der Waals surface area contributed by atoms with E-state index in [1.165, 1.54) is 19.3 Å². The third-order valence-electron chi connectivity index (χ3n) is 4.52. The average molecular weight is 333 g/mol. The van der Waals surface area contributed by atoms with Gasteiger partial charge in [-0.15, -0.1) is 12.4 Å². The van der Waals surface area contributed by atoms with E-state index in [1.54, 1.807) is 0 Å². The molecule has 1 aliphatic heterocycles. The van der Waals surface area contributed by atoms with Crippen LogP contribution < -0.4 is 21.3 Å². The second kappa shape index (κ2) is 9.90. The number of halogens is 1. The molecule has 0 aromatic heterocycles. The third kappa shape index (κ3) is 6.40. The summed E-state index contributed by atoms with van der Waals surface area (Å²) in [6, 6.07) is 0.200. The van der Waals surface area contributed by atoms with E-state index in [9.17, 15) is 9.59 Å². The van der Waals surface area contributed by atoms with Gasteiger partial charge < -0.3 is 21.3 Å². The van der Waals surface area contributed by atoms with Crippen molar-refractivity contribution in [3.63, 3.8) is 0 Å². The van der Waals surface area contributed by atoms with Crippen LogP contribution in [0.25, 0.3) is 0 Å². The lowest BCUT2D eigenvalue weighted by molar-refractivity contribution is -0.121. The molecule has 0 aromatic carbocycles. The molecule has 2 aliphatic rings. The maximum Gasteiger partial charge on any atom is 0.315 e. The van der Waals surface area contributed by atoms with E-state index in [0.717, 1.165) is 32.4 Å². The van der Waals surface area contributed by atoms with Crippen LogP contribution in [0.1, 0.15) is 45.4 Å². The zero-order chi connectivity index (χ0) is 15.1. The fourth-order valence-electron chi connectivity index (χ4n) is 3.08. The highest BCUT2D eigenvalue weighted by Crippen LogP contribution is 2.17. The van der Waals surface area contributed by atoms with Crippen LogP contribution in [-0.2, 0) is 4.79 Å². The molecule has 0 bridgehead atoms. The normalized spacial score (nSPS) is 25.7. The Morgan fingerprint density at radius 1 is 1.09 bits per heavy atom. The fourth-order valence-corrected chi connectivity index (χ4v) is 3.08. The first kappa shape index (κ1) is 19.0. The SMILES string of the molecule is CC1CCNCC1NC(=O)CNC(=O)NC1CCCCC1.Cl. The van der Waals surface area contributed by atoms with Crippen molar-refractivity contribution in [2.75, 3.05) is 19.6 Å². The van der Waals surface area contributed by atoms with Gasteiger partial charge in [-0.25, -0.2) is 4.79 Å². The molecule has 1 saturated heterocycles. The molecule has 4 N–H and O–H groups in total. The van der Waals surface area contributed by atoms with Gasteiger partial charge in [0.25, 0.3) is 0 Å². The Hall–Kier alpha value is -1.01. The Morgan fingerprint density at radius 2 is 1.82 bits per heavy atom. The summed E-state index contributed by atoms with van der Waals surface area (Å²) in [5, 5.41) is 11.9. The Balaban J connectivity index is 0.00000242. The Kier molecular flexibility index (Phi) is 8.56. The minimum atomic E-state index is -0.230. The number of piperidine rings is 1. The summed E-state index contributed by atoms with van der Waals surface area (Å²) in [6.07, 6.45) is 6.78. The predicted octanol–water partition coefficient (Wildman–Crippen LogP) is 1.15. The molecule has 22 heavy (non-hydrogen) atoms. The van der Waals surface area contributed by atoms with E-state index >= 15 is 0 Å². The molecular formula is C15H29ClN4O2. The van der Waals surface area contributed by atoms with E-state index < -0.39 is 0 Å². The lowest BCUT2D eigenvalue weighted by Gasteiger charge is -2.30. The zero-order valence-corrected chi connectivity index (χ0v) is 14.1. The van der Waals surface area contributed by atoms with E-state index in [1.807, 2.05) is 0 Å². The Labute approximate surface area is 139 Å². The van der Waals surface area contributed by atoms with Crippen molar-refractivity contribution in [1.29, 1.82) is 0 Å². The first-order valence-corrected chi connectivity index (χ1v) is 8.19. The molecular weight excluding hydrogens is 304 g/mol. The molecule has 3 amide bonds. The molecule has 1 heterocycles. The van der Waals surface area contributed by atoms with Crippen molar-refractivity contribution >= 4 is 24.3 Å². The van der Waals surface area contributed by atoms with E-state index in [4.69, 9.17) is 0 Å². The van der Waals surface area contributed by atoms with Crippen molar-refractivity contribution in [2.24, 2.45) is 5.92 Å². The highest BCUT2D eigenvalue weighted by Gasteiger charge is 2.22. The van der Waals surface area contributed by atoms with Gasteiger partial charge in [0.1, 0.15) is 0 Å². The Morgan fingerprint density at radius 3 is 2.50 bits per heavy atom. The van der Waals surface area contributed by atoms with Crippen LogP contribution in [0, 0.1) is 5.92 Å². The van der Waals surface area contributed by atoms with Gasteiger partial charge in [0, 0.05) is 18.6 Å². The molecule has 7 heteroatoms. The number of nitrogens with one attached hydrogen (secondary N) is 4. The minimum Gasteiger partial charge on any atom is -0.350 e. The first-order chi connectivity index (χ1) is 10.1.